The van der Waals surface area contributed by atoms with E-state index in [2.05, 4.69) is 10.3 Å². The molecule has 0 bridgehead atoms. The Morgan fingerprint density at radius 1 is 1.47 bits per heavy atom. The van der Waals surface area contributed by atoms with Crippen LogP contribution in [0.5, 0.6) is 0 Å². The van der Waals surface area contributed by atoms with Crippen LogP contribution in [0.4, 0.5) is 5.69 Å². The molecule has 0 aromatic carbocycles. The van der Waals surface area contributed by atoms with Gasteiger partial charge in [-0.3, -0.25) is 14.9 Å². The Labute approximate surface area is 110 Å². The summed E-state index contributed by atoms with van der Waals surface area (Å²) < 4.78 is 0. The first-order valence-corrected chi connectivity index (χ1v) is 6.32. The molecule has 0 spiro atoms. The van der Waals surface area contributed by atoms with Gasteiger partial charge in [-0.15, -0.1) is 0 Å². The molecule has 1 heterocycles. The zero-order chi connectivity index (χ0) is 13.9. The third kappa shape index (κ3) is 2.93. The van der Waals surface area contributed by atoms with Gasteiger partial charge in [0.2, 0.25) is 0 Å². The molecule has 2 rings (SSSR count). The molecule has 104 valence electrons. The summed E-state index contributed by atoms with van der Waals surface area (Å²) in [6.45, 7) is -0.110. The summed E-state index contributed by atoms with van der Waals surface area (Å²) in [5.74, 6) is -0.413. The normalized spacial score (nSPS) is 17.9. The molecule has 1 amide bonds. The number of aromatic amines is 1. The van der Waals surface area contributed by atoms with E-state index in [0.29, 0.717) is 0 Å². The van der Waals surface area contributed by atoms with Crippen molar-refractivity contribution in [3.63, 3.8) is 0 Å². The van der Waals surface area contributed by atoms with Gasteiger partial charge < -0.3 is 15.4 Å². The van der Waals surface area contributed by atoms with Gasteiger partial charge in [0, 0.05) is 6.07 Å². The Hall–Kier alpha value is -1.89. The average Bonchev–Trinajstić information content (AvgIpc) is 2.89. The fraction of sp³-hybridized carbons (Fsp3) is 0.583. The molecule has 1 saturated carbocycles. The standard InChI is InChI=1S/C12H17N3O4/c16-8-12(4-2-1-3-5-12)14-11(17)10-6-9(7-13-10)15(18)19/h6-7,13,16H,1-5,8H2,(H,14,17). The van der Waals surface area contributed by atoms with Gasteiger partial charge in [0.25, 0.3) is 11.6 Å². The van der Waals surface area contributed by atoms with Crippen LogP contribution >= 0.6 is 0 Å². The first kappa shape index (κ1) is 13.5. The molecule has 0 unspecified atom stereocenters. The lowest BCUT2D eigenvalue weighted by atomic mass is 9.82. The maximum absolute atomic E-state index is 12.0. The van der Waals surface area contributed by atoms with Crippen molar-refractivity contribution in [1.29, 1.82) is 0 Å². The second-order valence-electron chi connectivity index (χ2n) is 4.98. The summed E-state index contributed by atoms with van der Waals surface area (Å²) in [5, 5.41) is 22.9. The molecule has 0 aliphatic heterocycles. The Morgan fingerprint density at radius 2 is 2.16 bits per heavy atom. The topological polar surface area (TPSA) is 108 Å². The quantitative estimate of drug-likeness (QED) is 0.565. The molecule has 7 heteroatoms. The van der Waals surface area contributed by atoms with Gasteiger partial charge in [-0.2, -0.15) is 0 Å². The number of aliphatic hydroxyl groups is 1. The highest BCUT2D eigenvalue weighted by molar-refractivity contribution is 5.93. The average molecular weight is 267 g/mol. The van der Waals surface area contributed by atoms with Crippen molar-refractivity contribution in [3.8, 4) is 0 Å². The second kappa shape index (κ2) is 5.40. The Balaban J connectivity index is 2.08. The van der Waals surface area contributed by atoms with E-state index in [1.807, 2.05) is 0 Å². The van der Waals surface area contributed by atoms with E-state index in [1.54, 1.807) is 0 Å². The van der Waals surface area contributed by atoms with Gasteiger partial charge in [-0.25, -0.2) is 0 Å². The van der Waals surface area contributed by atoms with Gasteiger partial charge in [-0.05, 0) is 12.8 Å². The lowest BCUT2D eigenvalue weighted by Crippen LogP contribution is -2.52. The number of nitrogens with one attached hydrogen (secondary N) is 2. The molecule has 1 aromatic heterocycles. The predicted molar refractivity (Wildman–Crippen MR) is 67.8 cm³/mol. The van der Waals surface area contributed by atoms with Crippen molar-refractivity contribution < 1.29 is 14.8 Å². The van der Waals surface area contributed by atoms with Gasteiger partial charge in [-0.1, -0.05) is 19.3 Å². The summed E-state index contributed by atoms with van der Waals surface area (Å²) in [4.78, 5) is 24.6. The number of amides is 1. The van der Waals surface area contributed by atoms with Crippen LogP contribution in [-0.2, 0) is 0 Å². The highest BCUT2D eigenvalue weighted by atomic mass is 16.6. The minimum Gasteiger partial charge on any atom is -0.394 e. The van der Waals surface area contributed by atoms with Crippen LogP contribution in [-0.4, -0.2) is 33.1 Å². The summed E-state index contributed by atoms with van der Waals surface area (Å²) in [6, 6.07) is 1.20. The van der Waals surface area contributed by atoms with Crippen LogP contribution in [0.3, 0.4) is 0 Å². The first-order valence-electron chi connectivity index (χ1n) is 6.32. The largest absolute Gasteiger partial charge is 0.394 e. The molecular formula is C12H17N3O4. The minimum absolute atomic E-state index is 0.110. The summed E-state index contributed by atoms with van der Waals surface area (Å²) in [5.41, 5.74) is -0.591. The lowest BCUT2D eigenvalue weighted by Gasteiger charge is -2.36. The third-order valence-corrected chi connectivity index (χ3v) is 3.62. The number of rotatable bonds is 4. The van der Waals surface area contributed by atoms with Crippen molar-refractivity contribution in [2.24, 2.45) is 0 Å². The van der Waals surface area contributed by atoms with Crippen LogP contribution in [0.1, 0.15) is 42.6 Å². The highest BCUT2D eigenvalue weighted by Crippen LogP contribution is 2.28. The van der Waals surface area contributed by atoms with Crippen molar-refractivity contribution in [2.45, 2.75) is 37.6 Å². The zero-order valence-corrected chi connectivity index (χ0v) is 10.5. The Kier molecular flexibility index (Phi) is 3.84. The molecule has 3 N–H and O–H groups in total. The highest BCUT2D eigenvalue weighted by Gasteiger charge is 2.33. The summed E-state index contributed by atoms with van der Waals surface area (Å²) >= 11 is 0. The monoisotopic (exact) mass is 267 g/mol. The van der Waals surface area contributed by atoms with Gasteiger partial charge in [0.05, 0.1) is 23.3 Å². The molecule has 1 aliphatic carbocycles. The zero-order valence-electron chi connectivity index (χ0n) is 10.5. The lowest BCUT2D eigenvalue weighted by molar-refractivity contribution is -0.384. The smallest absolute Gasteiger partial charge is 0.287 e. The molecule has 0 atom stereocenters. The molecule has 19 heavy (non-hydrogen) atoms. The van der Waals surface area contributed by atoms with Crippen molar-refractivity contribution >= 4 is 11.6 Å². The van der Waals surface area contributed by atoms with Crippen LogP contribution < -0.4 is 5.32 Å². The fourth-order valence-corrected chi connectivity index (χ4v) is 2.48. The van der Waals surface area contributed by atoms with Gasteiger partial charge >= 0.3 is 0 Å². The Morgan fingerprint density at radius 3 is 2.68 bits per heavy atom. The Bertz CT molecular complexity index is 477. The van der Waals surface area contributed by atoms with Gasteiger partial charge in [0.15, 0.2) is 0 Å². The maximum atomic E-state index is 12.0. The number of nitrogens with zero attached hydrogens (tertiary/aromatic N) is 1. The fourth-order valence-electron chi connectivity index (χ4n) is 2.48. The molecule has 1 fully saturated rings. The van der Waals surface area contributed by atoms with Crippen LogP contribution in [0.25, 0.3) is 0 Å². The van der Waals surface area contributed by atoms with E-state index < -0.39 is 16.4 Å². The van der Waals surface area contributed by atoms with E-state index in [-0.39, 0.29) is 18.0 Å². The van der Waals surface area contributed by atoms with Crippen LogP contribution in [0.15, 0.2) is 12.3 Å². The number of carbonyl (C=O) groups excluding carboxylic acids is 1. The summed E-state index contributed by atoms with van der Waals surface area (Å²) in [6.07, 6.45) is 5.68. The van der Waals surface area contributed by atoms with Crippen LogP contribution in [0, 0.1) is 10.1 Å². The predicted octanol–water partition coefficient (Wildman–Crippen LogP) is 1.35. The van der Waals surface area contributed by atoms with Crippen molar-refractivity contribution in [3.05, 3.63) is 28.1 Å². The van der Waals surface area contributed by atoms with Gasteiger partial charge in [0.1, 0.15) is 5.69 Å². The molecule has 7 nitrogen and oxygen atoms in total. The number of hydrogen-bond acceptors (Lipinski definition) is 4. The van der Waals surface area contributed by atoms with E-state index >= 15 is 0 Å². The van der Waals surface area contributed by atoms with Crippen molar-refractivity contribution in [1.82, 2.24) is 10.3 Å². The molecular weight excluding hydrogens is 250 g/mol. The van der Waals surface area contributed by atoms with Crippen molar-refractivity contribution in [2.75, 3.05) is 6.61 Å². The number of nitro groups is 1. The minimum atomic E-state index is -0.588. The maximum Gasteiger partial charge on any atom is 0.287 e. The number of aliphatic hydroxyl groups excluding tert-OH is 1. The van der Waals surface area contributed by atoms with Crippen LogP contribution in [0.2, 0.25) is 0 Å². The number of hydrogen-bond donors (Lipinski definition) is 3. The molecule has 0 saturated heterocycles. The number of carbonyl (C=O) groups is 1. The van der Waals surface area contributed by atoms with E-state index in [9.17, 15) is 20.0 Å². The van der Waals surface area contributed by atoms with E-state index in [4.69, 9.17) is 0 Å². The number of aromatic nitrogens is 1. The SMILES string of the molecule is O=C(NC1(CO)CCCCC1)c1cc([N+](=O)[O-])c[nH]1. The first-order chi connectivity index (χ1) is 9.06. The number of H-pyrrole nitrogens is 1. The molecule has 1 aromatic rings. The molecule has 1 aliphatic rings. The summed E-state index contributed by atoms with van der Waals surface area (Å²) in [7, 11) is 0. The second-order valence-corrected chi connectivity index (χ2v) is 4.98. The van der Waals surface area contributed by atoms with E-state index in [1.165, 1.54) is 12.3 Å². The third-order valence-electron chi connectivity index (χ3n) is 3.62. The molecule has 0 radical (unpaired) electrons. The van der Waals surface area contributed by atoms with E-state index in [0.717, 1.165) is 32.1 Å².